The van der Waals surface area contributed by atoms with Crippen molar-refractivity contribution in [2.45, 2.75) is 50.9 Å². The monoisotopic (exact) mass is 532 g/mol. The number of hydrogen-bond donors (Lipinski definition) is 1. The van der Waals surface area contributed by atoms with Gasteiger partial charge in [0.2, 0.25) is 11.8 Å². The third-order valence-corrected chi connectivity index (χ3v) is 7.86. The van der Waals surface area contributed by atoms with Crippen molar-refractivity contribution in [3.8, 4) is 0 Å². The Kier molecular flexibility index (Phi) is 7.59. The van der Waals surface area contributed by atoms with Gasteiger partial charge >= 0.3 is 12.1 Å². The second kappa shape index (κ2) is 10.5. The molecule has 0 spiro atoms. The zero-order valence-corrected chi connectivity index (χ0v) is 21.1. The van der Waals surface area contributed by atoms with Gasteiger partial charge in [-0.1, -0.05) is 30.3 Å². The molecule has 0 aliphatic carbocycles. The van der Waals surface area contributed by atoms with Gasteiger partial charge in [0.25, 0.3) is 0 Å². The summed E-state index contributed by atoms with van der Waals surface area (Å²) in [7, 11) is 0. The van der Waals surface area contributed by atoms with Crippen molar-refractivity contribution in [2.24, 2.45) is 0 Å². The predicted molar refractivity (Wildman–Crippen MR) is 134 cm³/mol. The van der Waals surface area contributed by atoms with Crippen LogP contribution >= 0.6 is 11.3 Å². The minimum atomic E-state index is -4.47. The van der Waals surface area contributed by atoms with Crippen molar-refractivity contribution in [2.75, 3.05) is 13.1 Å². The number of thiophene rings is 1. The molecule has 196 valence electrons. The SMILES string of the molecule is CC1(C(=O)N(CCCC(=O)O)Cc2ccc(C(F)(F)F)cc2)CCN1C(=O)Cc1csc2ccccc12. The molecule has 4 rings (SSSR count). The fourth-order valence-electron chi connectivity index (χ4n) is 4.64. The summed E-state index contributed by atoms with van der Waals surface area (Å²) in [5.41, 5.74) is -0.501. The molecule has 2 amide bonds. The van der Waals surface area contributed by atoms with Gasteiger partial charge in [-0.2, -0.15) is 13.2 Å². The number of amides is 2. The predicted octanol–water partition coefficient (Wildman–Crippen LogP) is 5.35. The van der Waals surface area contributed by atoms with Crippen molar-refractivity contribution in [1.29, 1.82) is 0 Å². The number of alkyl halides is 3. The molecule has 1 saturated heterocycles. The van der Waals surface area contributed by atoms with Crippen molar-refractivity contribution < 1.29 is 32.7 Å². The Morgan fingerprint density at radius 2 is 1.81 bits per heavy atom. The maximum atomic E-state index is 13.7. The van der Waals surface area contributed by atoms with Crippen LogP contribution in [-0.2, 0) is 33.5 Å². The Hall–Kier alpha value is -3.40. The highest BCUT2D eigenvalue weighted by Crippen LogP contribution is 2.35. The molecular formula is C27H27F3N2O4S. The molecule has 0 bridgehead atoms. The number of rotatable bonds is 9. The highest BCUT2D eigenvalue weighted by molar-refractivity contribution is 7.17. The molecule has 1 aliphatic heterocycles. The number of hydrogen-bond acceptors (Lipinski definition) is 4. The third-order valence-electron chi connectivity index (χ3n) is 6.84. The number of carbonyl (C=O) groups is 3. The first-order valence-corrected chi connectivity index (χ1v) is 12.8. The number of nitrogens with zero attached hydrogens (tertiary/aromatic N) is 2. The fourth-order valence-corrected chi connectivity index (χ4v) is 5.61. The van der Waals surface area contributed by atoms with Crippen molar-refractivity contribution in [3.63, 3.8) is 0 Å². The lowest BCUT2D eigenvalue weighted by Gasteiger charge is -2.51. The van der Waals surface area contributed by atoms with Crippen LogP contribution in [0.25, 0.3) is 10.1 Å². The van der Waals surface area contributed by atoms with Crippen LogP contribution in [0.5, 0.6) is 0 Å². The van der Waals surface area contributed by atoms with Gasteiger partial charge in [0.15, 0.2) is 0 Å². The molecule has 2 heterocycles. The van der Waals surface area contributed by atoms with Gasteiger partial charge in [-0.05, 0) is 59.9 Å². The Labute approximate surface area is 216 Å². The molecule has 1 aliphatic rings. The van der Waals surface area contributed by atoms with Crippen LogP contribution < -0.4 is 0 Å². The van der Waals surface area contributed by atoms with Gasteiger partial charge in [-0.3, -0.25) is 14.4 Å². The third kappa shape index (κ3) is 5.79. The highest BCUT2D eigenvalue weighted by Gasteiger charge is 2.50. The average Bonchev–Trinajstić information content (AvgIpc) is 3.24. The van der Waals surface area contributed by atoms with Crippen LogP contribution in [0.1, 0.15) is 42.9 Å². The topological polar surface area (TPSA) is 77.9 Å². The van der Waals surface area contributed by atoms with E-state index in [0.717, 1.165) is 27.8 Å². The normalized spacial score (nSPS) is 17.5. The van der Waals surface area contributed by atoms with Crippen LogP contribution in [0.2, 0.25) is 0 Å². The molecule has 1 N–H and O–H groups in total. The number of carboxylic acids is 1. The van der Waals surface area contributed by atoms with Crippen LogP contribution in [-0.4, -0.2) is 51.3 Å². The van der Waals surface area contributed by atoms with Gasteiger partial charge in [0.05, 0.1) is 12.0 Å². The number of fused-ring (bicyclic) bond motifs is 1. The first kappa shape index (κ1) is 26.7. The summed E-state index contributed by atoms with van der Waals surface area (Å²) in [4.78, 5) is 41.0. The number of carboxylic acid groups (broad SMARTS) is 1. The van der Waals surface area contributed by atoms with Crippen LogP contribution in [0.15, 0.2) is 53.9 Å². The maximum Gasteiger partial charge on any atom is 0.416 e. The summed E-state index contributed by atoms with van der Waals surface area (Å²) >= 11 is 1.56. The van der Waals surface area contributed by atoms with E-state index in [0.29, 0.717) is 18.5 Å². The van der Waals surface area contributed by atoms with Gasteiger partial charge < -0.3 is 14.9 Å². The minimum Gasteiger partial charge on any atom is -0.481 e. The molecule has 0 radical (unpaired) electrons. The van der Waals surface area contributed by atoms with Gasteiger partial charge in [0, 0.05) is 30.8 Å². The van der Waals surface area contributed by atoms with Gasteiger partial charge in [-0.15, -0.1) is 11.3 Å². The van der Waals surface area contributed by atoms with E-state index in [-0.39, 0.29) is 44.2 Å². The lowest BCUT2D eigenvalue weighted by Crippen LogP contribution is -2.68. The van der Waals surface area contributed by atoms with Gasteiger partial charge in [-0.25, -0.2) is 0 Å². The number of benzene rings is 2. The van der Waals surface area contributed by atoms with E-state index in [1.165, 1.54) is 17.0 Å². The molecule has 6 nitrogen and oxygen atoms in total. The highest BCUT2D eigenvalue weighted by atomic mass is 32.1. The maximum absolute atomic E-state index is 13.7. The summed E-state index contributed by atoms with van der Waals surface area (Å²) in [5, 5.41) is 12.0. The Morgan fingerprint density at radius 1 is 1.11 bits per heavy atom. The molecule has 0 saturated carbocycles. The standard InChI is InChI=1S/C27H27F3N2O4S/c1-26(12-14-32(26)23(33)15-19-17-37-22-6-3-2-5-21(19)22)25(36)31(13-4-7-24(34)35)16-18-8-10-20(11-9-18)27(28,29)30/h2-3,5-6,8-11,17H,4,7,12-16H2,1H3,(H,34,35). The first-order chi connectivity index (χ1) is 17.5. The largest absolute Gasteiger partial charge is 0.481 e. The summed E-state index contributed by atoms with van der Waals surface area (Å²) in [6, 6.07) is 12.3. The molecule has 10 heteroatoms. The van der Waals surface area contributed by atoms with E-state index in [1.807, 2.05) is 29.6 Å². The second-order valence-corrected chi connectivity index (χ2v) is 10.3. The van der Waals surface area contributed by atoms with Crippen LogP contribution in [0.3, 0.4) is 0 Å². The van der Waals surface area contributed by atoms with Crippen molar-refractivity contribution in [1.82, 2.24) is 9.80 Å². The van der Waals surface area contributed by atoms with Crippen LogP contribution in [0.4, 0.5) is 13.2 Å². The summed E-state index contributed by atoms with van der Waals surface area (Å²) in [6.45, 7) is 2.24. The molecule has 37 heavy (non-hydrogen) atoms. The zero-order valence-electron chi connectivity index (χ0n) is 20.3. The summed E-state index contributed by atoms with van der Waals surface area (Å²) in [6.07, 6.45) is -3.83. The van der Waals surface area contributed by atoms with E-state index in [1.54, 1.807) is 23.2 Å². The van der Waals surface area contributed by atoms with Crippen molar-refractivity contribution in [3.05, 3.63) is 70.6 Å². The van der Waals surface area contributed by atoms with E-state index in [9.17, 15) is 27.6 Å². The number of likely N-dealkylation sites (tertiary alicyclic amines) is 1. The van der Waals surface area contributed by atoms with E-state index >= 15 is 0 Å². The average molecular weight is 533 g/mol. The fraction of sp³-hybridized carbons (Fsp3) is 0.370. The molecular weight excluding hydrogens is 505 g/mol. The lowest BCUT2D eigenvalue weighted by molar-refractivity contribution is -0.164. The zero-order chi connectivity index (χ0) is 26.8. The molecule has 1 aromatic heterocycles. The summed E-state index contributed by atoms with van der Waals surface area (Å²) in [5.74, 6) is -1.52. The molecule has 1 fully saturated rings. The molecule has 3 aromatic rings. The Balaban J connectivity index is 1.50. The lowest BCUT2D eigenvalue weighted by atomic mass is 9.84. The van der Waals surface area contributed by atoms with Crippen molar-refractivity contribution >= 4 is 39.2 Å². The molecule has 2 aromatic carbocycles. The smallest absolute Gasteiger partial charge is 0.416 e. The number of carbonyl (C=O) groups excluding carboxylic acids is 2. The minimum absolute atomic E-state index is 0.0172. The number of halogens is 3. The van der Waals surface area contributed by atoms with E-state index in [2.05, 4.69) is 0 Å². The quantitative estimate of drug-likeness (QED) is 0.403. The Morgan fingerprint density at radius 3 is 2.43 bits per heavy atom. The Bertz CT molecular complexity index is 1300. The molecule has 1 atom stereocenters. The first-order valence-electron chi connectivity index (χ1n) is 11.9. The summed E-state index contributed by atoms with van der Waals surface area (Å²) < 4.78 is 39.9. The van der Waals surface area contributed by atoms with Crippen LogP contribution in [0, 0.1) is 0 Å². The van der Waals surface area contributed by atoms with E-state index < -0.39 is 23.2 Å². The second-order valence-electron chi connectivity index (χ2n) is 9.42. The van der Waals surface area contributed by atoms with E-state index in [4.69, 9.17) is 5.11 Å². The van der Waals surface area contributed by atoms with Gasteiger partial charge in [0.1, 0.15) is 5.54 Å². The number of aliphatic carboxylic acids is 1. The molecule has 1 unspecified atom stereocenters.